The minimum atomic E-state index is -0.511. The lowest BCUT2D eigenvalue weighted by molar-refractivity contribution is -0.385. The average Bonchev–Trinajstić information content (AvgIpc) is 2.77. The molecule has 8 nitrogen and oxygen atoms in total. The molecule has 0 atom stereocenters. The summed E-state index contributed by atoms with van der Waals surface area (Å²) >= 11 is 1.06. The Hall–Kier alpha value is -2.55. The second kappa shape index (κ2) is 5.83. The van der Waals surface area contributed by atoms with Crippen LogP contribution >= 0.6 is 11.3 Å². The van der Waals surface area contributed by atoms with E-state index in [1.807, 2.05) is 13.8 Å². The number of nitro groups is 1. The molecule has 0 unspecified atom stereocenters. The number of hydrogen-bond donors (Lipinski definition) is 2. The summed E-state index contributed by atoms with van der Waals surface area (Å²) in [6.45, 7) is 5.22. The number of nitrogens with one attached hydrogen (secondary N) is 2. The van der Waals surface area contributed by atoms with Gasteiger partial charge in [-0.1, -0.05) is 0 Å². The third kappa shape index (κ3) is 3.51. The maximum absolute atomic E-state index is 11.9. The number of thiophene rings is 1. The first-order valence-corrected chi connectivity index (χ1v) is 6.82. The molecule has 2 rings (SSSR count). The van der Waals surface area contributed by atoms with Crippen molar-refractivity contribution in [1.82, 2.24) is 15.4 Å². The van der Waals surface area contributed by atoms with Gasteiger partial charge in [-0.2, -0.15) is 0 Å². The number of nitrogens with zero attached hydrogens (tertiary/aromatic N) is 3. The van der Waals surface area contributed by atoms with Crippen LogP contribution in [0.25, 0.3) is 0 Å². The SMILES string of the molecule is Cc1cc(C)nc(NNC(=O)c2cc([N+](=O)[O-])c(C)s2)n1. The van der Waals surface area contributed by atoms with Crippen LogP contribution in [0.5, 0.6) is 0 Å². The quantitative estimate of drug-likeness (QED) is 0.661. The zero-order valence-electron chi connectivity index (χ0n) is 11.6. The van der Waals surface area contributed by atoms with Crippen molar-refractivity contribution in [1.29, 1.82) is 0 Å². The normalized spacial score (nSPS) is 10.2. The molecule has 0 aliphatic rings. The number of aryl methyl sites for hydroxylation is 3. The summed E-state index contributed by atoms with van der Waals surface area (Å²) in [6.07, 6.45) is 0. The van der Waals surface area contributed by atoms with Gasteiger partial charge in [-0.05, 0) is 26.8 Å². The molecule has 0 aliphatic heterocycles. The van der Waals surface area contributed by atoms with Crippen molar-refractivity contribution < 1.29 is 9.72 Å². The van der Waals surface area contributed by atoms with Crippen molar-refractivity contribution in [2.24, 2.45) is 0 Å². The fourth-order valence-corrected chi connectivity index (χ4v) is 2.60. The van der Waals surface area contributed by atoms with Gasteiger partial charge in [-0.3, -0.25) is 25.8 Å². The first-order valence-electron chi connectivity index (χ1n) is 6.00. The molecular weight excluding hydrogens is 294 g/mol. The lowest BCUT2D eigenvalue weighted by Crippen LogP contribution is -2.29. The monoisotopic (exact) mass is 307 g/mol. The van der Waals surface area contributed by atoms with E-state index >= 15 is 0 Å². The molecular formula is C12H13N5O3S. The van der Waals surface area contributed by atoms with E-state index < -0.39 is 10.8 Å². The van der Waals surface area contributed by atoms with Gasteiger partial charge in [-0.25, -0.2) is 9.97 Å². The van der Waals surface area contributed by atoms with Crippen LogP contribution < -0.4 is 10.9 Å². The second-order valence-electron chi connectivity index (χ2n) is 4.36. The molecule has 0 aromatic carbocycles. The van der Waals surface area contributed by atoms with Gasteiger partial charge >= 0.3 is 0 Å². The van der Waals surface area contributed by atoms with Gasteiger partial charge in [-0.15, -0.1) is 11.3 Å². The van der Waals surface area contributed by atoms with E-state index in [0.717, 1.165) is 22.7 Å². The van der Waals surface area contributed by atoms with Crippen LogP contribution in [0.2, 0.25) is 0 Å². The van der Waals surface area contributed by atoms with E-state index in [4.69, 9.17) is 0 Å². The summed E-state index contributed by atoms with van der Waals surface area (Å²) in [6, 6.07) is 3.05. The van der Waals surface area contributed by atoms with Gasteiger partial charge in [0, 0.05) is 17.5 Å². The number of anilines is 1. The van der Waals surface area contributed by atoms with E-state index in [1.54, 1.807) is 13.0 Å². The Balaban J connectivity index is 2.08. The van der Waals surface area contributed by atoms with Crippen molar-refractivity contribution in [3.63, 3.8) is 0 Å². The molecule has 2 aromatic rings. The summed E-state index contributed by atoms with van der Waals surface area (Å²) in [7, 11) is 0. The summed E-state index contributed by atoms with van der Waals surface area (Å²) in [4.78, 5) is 31.1. The van der Waals surface area contributed by atoms with Gasteiger partial charge in [0.15, 0.2) is 0 Å². The maximum atomic E-state index is 11.9. The van der Waals surface area contributed by atoms with Crippen LogP contribution in [0.4, 0.5) is 11.6 Å². The molecule has 0 fully saturated rings. The summed E-state index contributed by atoms with van der Waals surface area (Å²) in [5.74, 6) is -0.206. The van der Waals surface area contributed by atoms with E-state index in [0.29, 0.717) is 4.88 Å². The summed E-state index contributed by atoms with van der Waals surface area (Å²) in [5, 5.41) is 10.8. The number of carbonyl (C=O) groups is 1. The van der Waals surface area contributed by atoms with Crippen molar-refractivity contribution in [2.45, 2.75) is 20.8 Å². The third-order valence-corrected chi connectivity index (χ3v) is 3.62. The first kappa shape index (κ1) is 14.9. The van der Waals surface area contributed by atoms with Crippen LogP contribution in [0.3, 0.4) is 0 Å². The minimum absolute atomic E-state index is 0.0622. The van der Waals surface area contributed by atoms with E-state index in [-0.39, 0.29) is 16.5 Å². The van der Waals surface area contributed by atoms with Crippen molar-refractivity contribution in [2.75, 3.05) is 5.43 Å². The number of amides is 1. The standard InChI is InChI=1S/C12H13N5O3S/c1-6-4-7(2)14-12(13-6)16-15-11(18)10-5-9(17(19)20)8(3)21-10/h4-5H,1-3H3,(H,15,18)(H,13,14,16). The van der Waals surface area contributed by atoms with E-state index in [9.17, 15) is 14.9 Å². The zero-order chi connectivity index (χ0) is 15.6. The molecule has 9 heteroatoms. The molecule has 0 aliphatic carbocycles. The Morgan fingerprint density at radius 3 is 2.38 bits per heavy atom. The fourth-order valence-electron chi connectivity index (χ4n) is 1.72. The second-order valence-corrected chi connectivity index (χ2v) is 5.62. The molecule has 0 bridgehead atoms. The lowest BCUT2D eigenvalue weighted by Gasteiger charge is -2.06. The number of carbonyl (C=O) groups excluding carboxylic acids is 1. The van der Waals surface area contributed by atoms with Gasteiger partial charge in [0.1, 0.15) is 4.88 Å². The van der Waals surface area contributed by atoms with Gasteiger partial charge in [0.05, 0.1) is 9.80 Å². The highest BCUT2D eigenvalue weighted by atomic mass is 32.1. The Morgan fingerprint density at radius 2 is 1.86 bits per heavy atom. The highest BCUT2D eigenvalue weighted by Crippen LogP contribution is 2.27. The molecule has 0 saturated heterocycles. The Labute approximate surface area is 124 Å². The topological polar surface area (TPSA) is 110 Å². The van der Waals surface area contributed by atoms with Gasteiger partial charge in [0.25, 0.3) is 11.6 Å². The highest BCUT2D eigenvalue weighted by molar-refractivity contribution is 7.14. The van der Waals surface area contributed by atoms with Gasteiger partial charge < -0.3 is 0 Å². The van der Waals surface area contributed by atoms with Crippen molar-refractivity contribution in [3.8, 4) is 0 Å². The smallest absolute Gasteiger partial charge is 0.266 e. The van der Waals surface area contributed by atoms with Crippen LogP contribution in [-0.2, 0) is 0 Å². The summed E-state index contributed by atoms with van der Waals surface area (Å²) < 4.78 is 0. The Kier molecular flexibility index (Phi) is 4.13. The zero-order valence-corrected chi connectivity index (χ0v) is 12.4. The first-order chi connectivity index (χ1) is 9.86. The fraction of sp³-hybridized carbons (Fsp3) is 0.250. The molecule has 0 radical (unpaired) electrons. The minimum Gasteiger partial charge on any atom is -0.266 e. The molecule has 2 aromatic heterocycles. The molecule has 110 valence electrons. The van der Waals surface area contributed by atoms with Crippen molar-refractivity contribution >= 4 is 28.9 Å². The molecule has 1 amide bonds. The molecule has 2 heterocycles. The highest BCUT2D eigenvalue weighted by Gasteiger charge is 2.19. The number of rotatable bonds is 4. The van der Waals surface area contributed by atoms with Crippen molar-refractivity contribution in [3.05, 3.63) is 43.4 Å². The van der Waals surface area contributed by atoms with Gasteiger partial charge in [0.2, 0.25) is 5.95 Å². The number of hydrogen-bond acceptors (Lipinski definition) is 7. The van der Waals surface area contributed by atoms with Crippen LogP contribution in [0.1, 0.15) is 25.9 Å². The van der Waals surface area contributed by atoms with Crippen LogP contribution in [0, 0.1) is 30.9 Å². The van der Waals surface area contributed by atoms with E-state index in [1.165, 1.54) is 6.07 Å². The molecule has 0 saturated carbocycles. The molecule has 0 spiro atoms. The lowest BCUT2D eigenvalue weighted by atomic mass is 10.3. The average molecular weight is 307 g/mol. The molecule has 21 heavy (non-hydrogen) atoms. The van der Waals surface area contributed by atoms with E-state index in [2.05, 4.69) is 20.8 Å². The summed E-state index contributed by atoms with van der Waals surface area (Å²) in [5.41, 5.74) is 6.49. The Morgan fingerprint density at radius 1 is 1.24 bits per heavy atom. The Bertz CT molecular complexity index is 693. The third-order valence-electron chi connectivity index (χ3n) is 2.58. The maximum Gasteiger partial charge on any atom is 0.283 e. The number of aromatic nitrogens is 2. The van der Waals surface area contributed by atoms with Crippen LogP contribution in [0.15, 0.2) is 12.1 Å². The van der Waals surface area contributed by atoms with Crippen LogP contribution in [-0.4, -0.2) is 20.8 Å². The number of hydrazine groups is 1. The molecule has 2 N–H and O–H groups in total. The predicted octanol–water partition coefficient (Wildman–Crippen LogP) is 2.13. The predicted molar refractivity (Wildman–Crippen MR) is 78.3 cm³/mol. The largest absolute Gasteiger partial charge is 0.283 e.